The maximum absolute atomic E-state index is 13.0. The van der Waals surface area contributed by atoms with E-state index in [4.69, 9.17) is 5.73 Å². The molecule has 0 fully saturated rings. The lowest BCUT2D eigenvalue weighted by Gasteiger charge is -2.11. The first-order valence-corrected chi connectivity index (χ1v) is 5.43. The van der Waals surface area contributed by atoms with E-state index in [1.807, 2.05) is 0 Å². The standard InChI is InChI=1S/C14H14FNO/c15-12-3-1-2-10(8-12)9-14(17)11-4-6-13(16)7-5-11/h1-8,14,17H,9,16H2. The number of aliphatic hydroxyl groups is 1. The van der Waals surface area contributed by atoms with E-state index in [-0.39, 0.29) is 5.82 Å². The highest BCUT2D eigenvalue weighted by Crippen LogP contribution is 2.19. The molecule has 0 radical (unpaired) electrons. The lowest BCUT2D eigenvalue weighted by molar-refractivity contribution is 0.178. The molecular weight excluding hydrogens is 217 g/mol. The van der Waals surface area contributed by atoms with Gasteiger partial charge in [0.25, 0.3) is 0 Å². The Labute approximate surface area is 99.5 Å². The Bertz CT molecular complexity index is 496. The van der Waals surface area contributed by atoms with Gasteiger partial charge in [0.05, 0.1) is 6.10 Å². The minimum absolute atomic E-state index is 0.285. The third-order valence-corrected chi connectivity index (χ3v) is 2.64. The molecule has 0 saturated carbocycles. The van der Waals surface area contributed by atoms with Crippen LogP contribution in [0.5, 0.6) is 0 Å². The van der Waals surface area contributed by atoms with Crippen molar-refractivity contribution in [3.8, 4) is 0 Å². The van der Waals surface area contributed by atoms with Crippen molar-refractivity contribution < 1.29 is 9.50 Å². The predicted octanol–water partition coefficient (Wildman–Crippen LogP) is 2.68. The maximum atomic E-state index is 13.0. The Morgan fingerprint density at radius 1 is 1.12 bits per heavy atom. The first kappa shape index (κ1) is 11.6. The van der Waals surface area contributed by atoms with Crippen LogP contribution in [-0.2, 0) is 6.42 Å². The van der Waals surface area contributed by atoms with E-state index >= 15 is 0 Å². The molecule has 0 saturated heterocycles. The number of benzene rings is 2. The Morgan fingerprint density at radius 2 is 1.82 bits per heavy atom. The molecule has 2 rings (SSSR count). The van der Waals surface area contributed by atoms with Gasteiger partial charge in [-0.1, -0.05) is 24.3 Å². The van der Waals surface area contributed by atoms with Crippen molar-refractivity contribution in [1.29, 1.82) is 0 Å². The molecule has 2 nitrogen and oxygen atoms in total. The number of nitrogens with two attached hydrogens (primary N) is 1. The summed E-state index contributed by atoms with van der Waals surface area (Å²) in [5.41, 5.74) is 7.78. The number of hydrogen-bond donors (Lipinski definition) is 2. The van der Waals surface area contributed by atoms with E-state index in [1.165, 1.54) is 12.1 Å². The molecule has 17 heavy (non-hydrogen) atoms. The molecule has 2 aromatic rings. The lowest BCUT2D eigenvalue weighted by atomic mass is 10.0. The van der Waals surface area contributed by atoms with Crippen LogP contribution in [0.2, 0.25) is 0 Å². The predicted molar refractivity (Wildman–Crippen MR) is 65.9 cm³/mol. The number of nitrogen functional groups attached to an aromatic ring is 1. The van der Waals surface area contributed by atoms with Crippen LogP contribution in [0.25, 0.3) is 0 Å². The topological polar surface area (TPSA) is 46.2 Å². The largest absolute Gasteiger partial charge is 0.399 e. The van der Waals surface area contributed by atoms with Gasteiger partial charge in [0.2, 0.25) is 0 Å². The van der Waals surface area contributed by atoms with Gasteiger partial charge in [-0.3, -0.25) is 0 Å². The van der Waals surface area contributed by atoms with E-state index in [0.29, 0.717) is 12.1 Å². The molecule has 0 heterocycles. The molecule has 3 heteroatoms. The van der Waals surface area contributed by atoms with Gasteiger partial charge >= 0.3 is 0 Å². The highest BCUT2D eigenvalue weighted by molar-refractivity contribution is 5.40. The second-order valence-electron chi connectivity index (χ2n) is 4.02. The van der Waals surface area contributed by atoms with Crippen LogP contribution in [0.15, 0.2) is 48.5 Å². The number of rotatable bonds is 3. The summed E-state index contributed by atoms with van der Waals surface area (Å²) in [6.45, 7) is 0. The highest BCUT2D eigenvalue weighted by Gasteiger charge is 2.08. The third kappa shape index (κ3) is 3.04. The van der Waals surface area contributed by atoms with Crippen molar-refractivity contribution in [3.63, 3.8) is 0 Å². The smallest absolute Gasteiger partial charge is 0.123 e. The van der Waals surface area contributed by atoms with E-state index in [1.54, 1.807) is 36.4 Å². The van der Waals surface area contributed by atoms with E-state index in [2.05, 4.69) is 0 Å². The minimum atomic E-state index is -0.641. The number of halogens is 1. The summed E-state index contributed by atoms with van der Waals surface area (Å²) in [5, 5.41) is 9.99. The Hall–Kier alpha value is -1.87. The van der Waals surface area contributed by atoms with Gasteiger partial charge in [0, 0.05) is 12.1 Å². The van der Waals surface area contributed by atoms with Crippen molar-refractivity contribution in [1.82, 2.24) is 0 Å². The number of hydrogen-bond acceptors (Lipinski definition) is 2. The first-order chi connectivity index (χ1) is 8.15. The van der Waals surface area contributed by atoms with Crippen LogP contribution in [0.1, 0.15) is 17.2 Å². The molecule has 2 aromatic carbocycles. The van der Waals surface area contributed by atoms with Crippen LogP contribution >= 0.6 is 0 Å². The van der Waals surface area contributed by atoms with Crippen molar-refractivity contribution in [3.05, 3.63) is 65.5 Å². The van der Waals surface area contributed by atoms with Gasteiger partial charge in [0.15, 0.2) is 0 Å². The fourth-order valence-corrected chi connectivity index (χ4v) is 1.72. The van der Waals surface area contributed by atoms with Crippen LogP contribution in [0, 0.1) is 5.82 Å². The lowest BCUT2D eigenvalue weighted by Crippen LogP contribution is -2.02. The molecule has 0 aromatic heterocycles. The molecule has 88 valence electrons. The highest BCUT2D eigenvalue weighted by atomic mass is 19.1. The fraction of sp³-hybridized carbons (Fsp3) is 0.143. The van der Waals surface area contributed by atoms with Crippen molar-refractivity contribution >= 4 is 5.69 Å². The van der Waals surface area contributed by atoms with Crippen LogP contribution in [0.4, 0.5) is 10.1 Å². The molecule has 0 bridgehead atoms. The summed E-state index contributed by atoms with van der Waals surface area (Å²) in [6, 6.07) is 13.3. The van der Waals surface area contributed by atoms with E-state index in [9.17, 15) is 9.50 Å². The van der Waals surface area contributed by atoms with E-state index < -0.39 is 6.10 Å². The van der Waals surface area contributed by atoms with Gasteiger partial charge < -0.3 is 10.8 Å². The summed E-state index contributed by atoms with van der Waals surface area (Å²) in [7, 11) is 0. The summed E-state index contributed by atoms with van der Waals surface area (Å²) in [6.07, 6.45) is -0.251. The van der Waals surface area contributed by atoms with Crippen LogP contribution in [0.3, 0.4) is 0 Å². The number of aliphatic hydroxyl groups excluding tert-OH is 1. The Balaban J connectivity index is 2.11. The molecular formula is C14H14FNO. The second kappa shape index (κ2) is 4.97. The molecule has 1 atom stereocenters. The summed E-state index contributed by atoms with van der Waals surface area (Å²) < 4.78 is 13.0. The minimum Gasteiger partial charge on any atom is -0.399 e. The Morgan fingerprint density at radius 3 is 2.47 bits per heavy atom. The Kier molecular flexibility index (Phi) is 3.40. The van der Waals surface area contributed by atoms with E-state index in [0.717, 1.165) is 11.1 Å². The molecule has 0 aliphatic rings. The van der Waals surface area contributed by atoms with Crippen LogP contribution < -0.4 is 5.73 Å². The first-order valence-electron chi connectivity index (χ1n) is 5.43. The van der Waals surface area contributed by atoms with Gasteiger partial charge in [-0.2, -0.15) is 0 Å². The third-order valence-electron chi connectivity index (χ3n) is 2.64. The normalized spacial score (nSPS) is 12.4. The van der Waals surface area contributed by atoms with Gasteiger partial charge in [-0.15, -0.1) is 0 Å². The zero-order valence-electron chi connectivity index (χ0n) is 9.31. The maximum Gasteiger partial charge on any atom is 0.123 e. The van der Waals surface area contributed by atoms with Gasteiger partial charge in [-0.05, 0) is 35.4 Å². The molecule has 3 N–H and O–H groups in total. The SMILES string of the molecule is Nc1ccc(C(O)Cc2cccc(F)c2)cc1. The zero-order valence-corrected chi connectivity index (χ0v) is 9.31. The molecule has 0 amide bonds. The van der Waals surface area contributed by atoms with Gasteiger partial charge in [-0.25, -0.2) is 4.39 Å². The summed E-state index contributed by atoms with van der Waals surface area (Å²) >= 11 is 0. The van der Waals surface area contributed by atoms with Crippen LogP contribution in [-0.4, -0.2) is 5.11 Å². The molecule has 1 unspecified atom stereocenters. The van der Waals surface area contributed by atoms with Crippen molar-refractivity contribution in [2.24, 2.45) is 0 Å². The quantitative estimate of drug-likeness (QED) is 0.798. The second-order valence-corrected chi connectivity index (χ2v) is 4.02. The molecule has 0 spiro atoms. The summed E-state index contributed by atoms with van der Waals surface area (Å²) in [5.74, 6) is -0.285. The molecule has 0 aliphatic carbocycles. The molecule has 0 aliphatic heterocycles. The average molecular weight is 231 g/mol. The summed E-state index contributed by atoms with van der Waals surface area (Å²) in [4.78, 5) is 0. The fourth-order valence-electron chi connectivity index (χ4n) is 1.72. The monoisotopic (exact) mass is 231 g/mol. The average Bonchev–Trinajstić information content (AvgIpc) is 2.29. The van der Waals surface area contributed by atoms with Crippen molar-refractivity contribution in [2.75, 3.05) is 5.73 Å². The van der Waals surface area contributed by atoms with Gasteiger partial charge in [0.1, 0.15) is 5.82 Å². The number of anilines is 1. The van der Waals surface area contributed by atoms with Crippen molar-refractivity contribution in [2.45, 2.75) is 12.5 Å². The zero-order chi connectivity index (χ0) is 12.3.